The maximum atomic E-state index is 13.7. The highest BCUT2D eigenvalue weighted by molar-refractivity contribution is 6.60. The van der Waals surface area contributed by atoms with Crippen LogP contribution in [0.1, 0.15) is 6.92 Å². The molecule has 1 aromatic carbocycles. The summed E-state index contributed by atoms with van der Waals surface area (Å²) in [5.74, 6) is -6.43. The normalized spacial score (nSPS) is 10.3. The Morgan fingerprint density at radius 3 is 2.00 bits per heavy atom. The Morgan fingerprint density at radius 2 is 1.59 bits per heavy atom. The van der Waals surface area contributed by atoms with Gasteiger partial charge in [0.1, 0.15) is 0 Å². The molecule has 8 heteroatoms. The largest absolute Gasteiger partial charge is 0.495 e. The molecule has 94 valence electrons. The summed E-state index contributed by atoms with van der Waals surface area (Å²) in [6.45, 7) is 1.33. The molecule has 0 aliphatic rings. The van der Waals surface area contributed by atoms with Gasteiger partial charge in [0.2, 0.25) is 11.6 Å². The molecule has 0 radical (unpaired) electrons. The van der Waals surface area contributed by atoms with Gasteiger partial charge in [-0.25, -0.2) is 4.39 Å². The highest BCUT2D eigenvalue weighted by Gasteiger charge is 2.32. The molecule has 0 aliphatic heterocycles. The van der Waals surface area contributed by atoms with Crippen LogP contribution in [0.4, 0.5) is 13.2 Å². The van der Waals surface area contributed by atoms with Crippen molar-refractivity contribution in [2.24, 2.45) is 0 Å². The molecule has 4 nitrogen and oxygen atoms in total. The number of methoxy groups -OCH3 is 1. The second-order valence-electron chi connectivity index (χ2n) is 3.02. The summed E-state index contributed by atoms with van der Waals surface area (Å²) in [6, 6.07) is 0. The molecule has 0 spiro atoms. The van der Waals surface area contributed by atoms with Gasteiger partial charge >= 0.3 is 7.12 Å². The van der Waals surface area contributed by atoms with E-state index in [2.05, 4.69) is 9.47 Å². The molecule has 1 rings (SSSR count). The first-order valence-corrected chi connectivity index (χ1v) is 4.68. The molecule has 0 aromatic heterocycles. The van der Waals surface area contributed by atoms with Crippen LogP contribution < -0.4 is 14.9 Å². The number of hydrogen-bond acceptors (Lipinski definition) is 4. The zero-order valence-corrected chi connectivity index (χ0v) is 9.13. The lowest BCUT2D eigenvalue weighted by Gasteiger charge is -2.14. The van der Waals surface area contributed by atoms with Gasteiger partial charge in [0.15, 0.2) is 17.3 Å². The third kappa shape index (κ3) is 2.32. The van der Waals surface area contributed by atoms with E-state index in [0.717, 1.165) is 7.11 Å². The van der Waals surface area contributed by atoms with Gasteiger partial charge in [-0.05, 0) is 6.92 Å². The summed E-state index contributed by atoms with van der Waals surface area (Å²) < 4.78 is 49.4. The first kappa shape index (κ1) is 13.7. The molecule has 1 aromatic rings. The Labute approximate surface area is 95.7 Å². The molecule has 0 fully saturated rings. The third-order valence-corrected chi connectivity index (χ3v) is 2.02. The van der Waals surface area contributed by atoms with Crippen LogP contribution in [0.2, 0.25) is 0 Å². The van der Waals surface area contributed by atoms with E-state index in [1.807, 2.05) is 0 Å². The van der Waals surface area contributed by atoms with E-state index >= 15 is 0 Å². The number of benzene rings is 1. The number of halogens is 3. The van der Waals surface area contributed by atoms with Crippen molar-refractivity contribution in [2.45, 2.75) is 6.92 Å². The minimum absolute atomic E-state index is 0.111. The van der Waals surface area contributed by atoms with E-state index in [9.17, 15) is 13.2 Å². The van der Waals surface area contributed by atoms with Gasteiger partial charge in [0, 0.05) is 0 Å². The Morgan fingerprint density at radius 1 is 1.06 bits per heavy atom. The Kier molecular flexibility index (Phi) is 4.25. The van der Waals surface area contributed by atoms with Crippen LogP contribution in [0.3, 0.4) is 0 Å². The van der Waals surface area contributed by atoms with Gasteiger partial charge < -0.3 is 19.5 Å². The summed E-state index contributed by atoms with van der Waals surface area (Å²) in [5.41, 5.74) is -0.908. The summed E-state index contributed by atoms with van der Waals surface area (Å²) in [6.07, 6.45) is 0. The highest BCUT2D eigenvalue weighted by atomic mass is 19.2. The topological polar surface area (TPSA) is 58.9 Å². The zero-order valence-electron chi connectivity index (χ0n) is 9.13. The average Bonchev–Trinajstić information content (AvgIpc) is 2.28. The standard InChI is InChI=1S/C9H10BF3O4/c1-3-17-9-5(11)4(10(14)15)8(16-2)6(12)7(9)13/h14-15H,3H2,1-2H3. The van der Waals surface area contributed by atoms with Crippen molar-refractivity contribution in [2.75, 3.05) is 13.7 Å². The van der Waals surface area contributed by atoms with Gasteiger partial charge in [-0.15, -0.1) is 0 Å². The third-order valence-electron chi connectivity index (χ3n) is 2.02. The van der Waals surface area contributed by atoms with Crippen molar-refractivity contribution in [1.29, 1.82) is 0 Å². The van der Waals surface area contributed by atoms with E-state index < -0.39 is 41.5 Å². The smallest absolute Gasteiger partial charge is 0.494 e. The predicted molar refractivity (Wildman–Crippen MR) is 53.9 cm³/mol. The molecule has 2 N–H and O–H groups in total. The van der Waals surface area contributed by atoms with Crippen molar-refractivity contribution in [3.8, 4) is 11.5 Å². The second kappa shape index (κ2) is 5.28. The summed E-state index contributed by atoms with van der Waals surface area (Å²) >= 11 is 0. The molecule has 0 aliphatic carbocycles. The molecule has 0 saturated carbocycles. The number of hydrogen-bond donors (Lipinski definition) is 2. The minimum atomic E-state index is -2.35. The van der Waals surface area contributed by atoms with Crippen LogP contribution in [0, 0.1) is 17.5 Å². The quantitative estimate of drug-likeness (QED) is 0.591. The lowest BCUT2D eigenvalue weighted by atomic mass is 9.78. The maximum absolute atomic E-state index is 13.7. The molecule has 17 heavy (non-hydrogen) atoms. The van der Waals surface area contributed by atoms with Gasteiger partial charge in [0.05, 0.1) is 19.2 Å². The van der Waals surface area contributed by atoms with Crippen molar-refractivity contribution < 1.29 is 32.7 Å². The first-order valence-electron chi connectivity index (χ1n) is 4.68. The summed E-state index contributed by atoms with van der Waals surface area (Å²) in [7, 11) is -1.40. The van der Waals surface area contributed by atoms with Crippen LogP contribution in [-0.2, 0) is 0 Å². The SMILES string of the molecule is CCOc1c(F)c(F)c(OC)c(B(O)O)c1F. The van der Waals surface area contributed by atoms with Gasteiger partial charge in [-0.3, -0.25) is 0 Å². The fourth-order valence-electron chi connectivity index (χ4n) is 1.34. The monoisotopic (exact) mass is 250 g/mol. The van der Waals surface area contributed by atoms with E-state index in [4.69, 9.17) is 10.0 Å². The van der Waals surface area contributed by atoms with Gasteiger partial charge in [-0.1, -0.05) is 0 Å². The van der Waals surface area contributed by atoms with E-state index in [1.165, 1.54) is 6.92 Å². The van der Waals surface area contributed by atoms with Crippen LogP contribution in [0.5, 0.6) is 11.5 Å². The summed E-state index contributed by atoms with van der Waals surface area (Å²) in [5, 5.41) is 17.8. The molecule has 0 saturated heterocycles. The minimum Gasteiger partial charge on any atom is -0.494 e. The van der Waals surface area contributed by atoms with Crippen LogP contribution in [-0.4, -0.2) is 30.9 Å². The molecule has 0 amide bonds. The van der Waals surface area contributed by atoms with E-state index in [-0.39, 0.29) is 6.61 Å². The van der Waals surface area contributed by atoms with Crippen LogP contribution in [0.15, 0.2) is 0 Å². The summed E-state index contributed by atoms with van der Waals surface area (Å²) in [4.78, 5) is 0. The second-order valence-corrected chi connectivity index (χ2v) is 3.02. The lowest BCUT2D eigenvalue weighted by molar-refractivity contribution is 0.287. The predicted octanol–water partition coefficient (Wildman–Crippen LogP) is 0.191. The maximum Gasteiger partial charge on any atom is 0.495 e. The van der Waals surface area contributed by atoms with Crippen molar-refractivity contribution in [3.05, 3.63) is 17.5 Å². The highest BCUT2D eigenvalue weighted by Crippen LogP contribution is 2.29. The average molecular weight is 250 g/mol. The fourth-order valence-corrected chi connectivity index (χ4v) is 1.34. The zero-order chi connectivity index (χ0) is 13.2. The number of ether oxygens (including phenoxy) is 2. The lowest BCUT2D eigenvalue weighted by Crippen LogP contribution is -2.35. The Bertz CT molecular complexity index is 425. The Balaban J connectivity index is 3.57. The van der Waals surface area contributed by atoms with E-state index in [1.54, 1.807) is 0 Å². The molecule has 0 atom stereocenters. The Hall–Kier alpha value is -1.41. The molecular formula is C9H10BF3O4. The van der Waals surface area contributed by atoms with Crippen LogP contribution >= 0.6 is 0 Å². The van der Waals surface area contributed by atoms with Gasteiger partial charge in [-0.2, -0.15) is 8.78 Å². The fraction of sp³-hybridized carbons (Fsp3) is 0.333. The van der Waals surface area contributed by atoms with E-state index in [0.29, 0.717) is 0 Å². The van der Waals surface area contributed by atoms with Crippen molar-refractivity contribution in [1.82, 2.24) is 0 Å². The van der Waals surface area contributed by atoms with Crippen LogP contribution in [0.25, 0.3) is 0 Å². The van der Waals surface area contributed by atoms with Crippen molar-refractivity contribution >= 4 is 12.6 Å². The molecule has 0 unspecified atom stereocenters. The molecule has 0 bridgehead atoms. The van der Waals surface area contributed by atoms with Gasteiger partial charge in [0.25, 0.3) is 0 Å². The first-order chi connectivity index (χ1) is 7.95. The van der Waals surface area contributed by atoms with Crippen molar-refractivity contribution in [3.63, 3.8) is 0 Å². The number of rotatable bonds is 4. The molecule has 0 heterocycles. The molecular weight excluding hydrogens is 240 g/mol.